The SMILES string of the molecule is Ic1ccc2c(c1)c1c(-c3ccccc3)cccc1c1nnc(-c3ccccc3)n21.Ic1ccc2c(c1)c1ccc(-c3ccccc3)cc1c1nnc(-c3ccccc3)n21. The Morgan fingerprint density at radius 1 is 0.317 bits per heavy atom. The van der Waals surface area contributed by atoms with Crippen molar-refractivity contribution in [2.24, 2.45) is 0 Å². The minimum absolute atomic E-state index is 0.865. The molecule has 0 atom stereocenters. The number of hydrogen-bond acceptors (Lipinski definition) is 4. The van der Waals surface area contributed by atoms with Crippen molar-refractivity contribution < 1.29 is 0 Å². The van der Waals surface area contributed by atoms with Gasteiger partial charge in [-0.1, -0.05) is 152 Å². The fourth-order valence-electron chi connectivity index (χ4n) is 8.41. The molecule has 12 rings (SSSR count). The molecule has 4 heterocycles. The van der Waals surface area contributed by atoms with E-state index < -0.39 is 0 Å². The summed E-state index contributed by atoms with van der Waals surface area (Å²) in [6.45, 7) is 0. The fraction of sp³-hybridized carbons (Fsp3) is 0. The lowest BCUT2D eigenvalue weighted by Crippen LogP contribution is -1.96. The van der Waals surface area contributed by atoms with E-state index in [1.807, 2.05) is 42.5 Å². The van der Waals surface area contributed by atoms with Crippen LogP contribution >= 0.6 is 45.2 Å². The standard InChI is InChI=1S/2C26H16IN3/c27-19-14-15-23-22(16-19)24-20(17-8-3-1-4-9-17)12-7-13-21(24)26-29-28-25(30(23)26)18-10-5-2-6-11-18;27-20-12-14-24-22(16-20)21-13-11-19(17-7-3-1-4-8-17)15-23(21)26-29-28-25(30(24)26)18-9-5-2-6-10-18/h2*1-16H. The molecule has 0 aliphatic rings. The number of aromatic nitrogens is 6. The molecule has 4 aromatic heterocycles. The predicted molar refractivity (Wildman–Crippen MR) is 263 cm³/mol. The van der Waals surface area contributed by atoms with Crippen LogP contribution in [0.4, 0.5) is 0 Å². The zero-order valence-corrected chi connectivity index (χ0v) is 36.2. The van der Waals surface area contributed by atoms with Crippen molar-refractivity contribution in [2.75, 3.05) is 0 Å². The van der Waals surface area contributed by atoms with Gasteiger partial charge in [0.25, 0.3) is 0 Å². The van der Waals surface area contributed by atoms with Crippen LogP contribution in [0.2, 0.25) is 0 Å². The number of fused-ring (bicyclic) bond motifs is 12. The quantitative estimate of drug-likeness (QED) is 0.130. The topological polar surface area (TPSA) is 60.4 Å². The molecule has 0 spiro atoms. The summed E-state index contributed by atoms with van der Waals surface area (Å²) in [5, 5.41) is 25.5. The lowest BCUT2D eigenvalue weighted by molar-refractivity contribution is 1.12. The molecule has 0 fully saturated rings. The van der Waals surface area contributed by atoms with E-state index in [1.54, 1.807) is 0 Å². The average Bonchev–Trinajstić information content (AvgIpc) is 3.97. The zero-order valence-electron chi connectivity index (χ0n) is 31.9. The molecule has 0 saturated carbocycles. The van der Waals surface area contributed by atoms with Gasteiger partial charge in [-0.25, -0.2) is 0 Å². The maximum atomic E-state index is 4.64. The fourth-order valence-corrected chi connectivity index (χ4v) is 9.39. The van der Waals surface area contributed by atoms with Crippen LogP contribution in [0.1, 0.15) is 0 Å². The van der Waals surface area contributed by atoms with Gasteiger partial charge in [-0.15, -0.1) is 20.4 Å². The maximum absolute atomic E-state index is 4.64. The highest BCUT2D eigenvalue weighted by Gasteiger charge is 2.19. The number of hydrogen-bond donors (Lipinski definition) is 0. The molecule has 8 heteroatoms. The number of benzene rings is 8. The Hall–Kier alpha value is -6.50. The highest BCUT2D eigenvalue weighted by Crippen LogP contribution is 2.39. The van der Waals surface area contributed by atoms with E-state index in [0.717, 1.165) is 55.9 Å². The van der Waals surface area contributed by atoms with Crippen molar-refractivity contribution >= 4 is 99.8 Å². The summed E-state index contributed by atoms with van der Waals surface area (Å²) in [6, 6.07) is 67.8. The first-order valence-corrected chi connectivity index (χ1v) is 21.8. The molecular weight excluding hydrogens is 962 g/mol. The second kappa shape index (κ2) is 15.3. The van der Waals surface area contributed by atoms with Crippen LogP contribution in [0.15, 0.2) is 194 Å². The third kappa shape index (κ3) is 6.29. The van der Waals surface area contributed by atoms with E-state index in [-0.39, 0.29) is 0 Å². The molecule has 0 aliphatic heterocycles. The van der Waals surface area contributed by atoms with Crippen molar-refractivity contribution in [1.82, 2.24) is 29.2 Å². The summed E-state index contributed by atoms with van der Waals surface area (Å²) >= 11 is 4.77. The first-order chi connectivity index (χ1) is 29.6. The van der Waals surface area contributed by atoms with Gasteiger partial charge in [0.2, 0.25) is 0 Å². The van der Waals surface area contributed by atoms with Crippen molar-refractivity contribution in [2.45, 2.75) is 0 Å². The van der Waals surface area contributed by atoms with Crippen molar-refractivity contribution in [3.8, 4) is 45.0 Å². The largest absolute Gasteiger partial charge is 0.274 e. The van der Waals surface area contributed by atoms with Crippen LogP contribution in [-0.2, 0) is 0 Å². The molecule has 8 aromatic carbocycles. The first kappa shape index (κ1) is 36.6. The third-order valence-corrected chi connectivity index (χ3v) is 12.4. The van der Waals surface area contributed by atoms with Crippen molar-refractivity contribution in [3.05, 3.63) is 201 Å². The molecule has 12 aromatic rings. The molecule has 0 amide bonds. The Kier molecular flexibility index (Phi) is 9.31. The molecule has 6 nitrogen and oxygen atoms in total. The number of rotatable bonds is 4. The minimum atomic E-state index is 0.865. The summed E-state index contributed by atoms with van der Waals surface area (Å²) in [7, 11) is 0. The summed E-state index contributed by atoms with van der Waals surface area (Å²) in [5.41, 5.74) is 10.9. The second-order valence-corrected chi connectivity index (χ2v) is 17.1. The van der Waals surface area contributed by atoms with Crippen LogP contribution < -0.4 is 0 Å². The molecule has 60 heavy (non-hydrogen) atoms. The van der Waals surface area contributed by atoms with Gasteiger partial charge in [-0.05, 0) is 115 Å². The average molecular weight is 995 g/mol. The third-order valence-electron chi connectivity index (χ3n) is 11.1. The smallest absolute Gasteiger partial charge is 0.169 e. The Morgan fingerprint density at radius 2 is 0.817 bits per heavy atom. The molecule has 0 bridgehead atoms. The summed E-state index contributed by atoms with van der Waals surface area (Å²) in [4.78, 5) is 0. The minimum Gasteiger partial charge on any atom is -0.274 e. The van der Waals surface area contributed by atoms with Crippen LogP contribution in [0.25, 0.3) is 99.7 Å². The first-order valence-electron chi connectivity index (χ1n) is 19.6. The van der Waals surface area contributed by atoms with Gasteiger partial charge >= 0.3 is 0 Å². The van der Waals surface area contributed by atoms with Gasteiger partial charge in [-0.3, -0.25) is 8.80 Å². The second-order valence-electron chi connectivity index (χ2n) is 14.6. The molecule has 0 N–H and O–H groups in total. The normalized spacial score (nSPS) is 11.5. The van der Waals surface area contributed by atoms with Gasteiger partial charge in [0, 0.05) is 45.2 Å². The van der Waals surface area contributed by atoms with Crippen LogP contribution in [-0.4, -0.2) is 29.2 Å². The van der Waals surface area contributed by atoms with E-state index in [2.05, 4.69) is 226 Å². The lowest BCUT2D eigenvalue weighted by atomic mass is 9.95. The summed E-state index contributed by atoms with van der Waals surface area (Å²) < 4.78 is 6.80. The van der Waals surface area contributed by atoms with E-state index >= 15 is 0 Å². The van der Waals surface area contributed by atoms with Gasteiger partial charge in [0.15, 0.2) is 22.9 Å². The molecule has 284 valence electrons. The van der Waals surface area contributed by atoms with Crippen LogP contribution in [0.5, 0.6) is 0 Å². The Balaban J connectivity index is 0.000000136. The zero-order chi connectivity index (χ0) is 40.2. The molecule has 0 saturated heterocycles. The maximum Gasteiger partial charge on any atom is 0.169 e. The van der Waals surface area contributed by atoms with Gasteiger partial charge in [-0.2, -0.15) is 0 Å². The van der Waals surface area contributed by atoms with Gasteiger partial charge < -0.3 is 0 Å². The number of halogens is 2. The highest BCUT2D eigenvalue weighted by molar-refractivity contribution is 14.1. The Morgan fingerprint density at radius 3 is 1.40 bits per heavy atom. The summed E-state index contributed by atoms with van der Waals surface area (Å²) in [6.07, 6.45) is 0. The van der Waals surface area contributed by atoms with Gasteiger partial charge in [0.1, 0.15) is 0 Å². The molecule has 0 unspecified atom stereocenters. The number of nitrogens with zero attached hydrogens (tertiary/aromatic N) is 6. The Bertz CT molecular complexity index is 3470. The predicted octanol–water partition coefficient (Wildman–Crippen LogP) is 13.9. The lowest BCUT2D eigenvalue weighted by Gasteiger charge is -2.14. The van der Waals surface area contributed by atoms with E-state index in [9.17, 15) is 0 Å². The van der Waals surface area contributed by atoms with Crippen LogP contribution in [0, 0.1) is 7.14 Å². The number of pyridine rings is 2. The van der Waals surface area contributed by atoms with Crippen molar-refractivity contribution in [3.63, 3.8) is 0 Å². The molecule has 0 aliphatic carbocycles. The molecular formula is C52H32I2N6. The van der Waals surface area contributed by atoms with E-state index in [1.165, 1.54) is 50.9 Å². The van der Waals surface area contributed by atoms with Crippen LogP contribution in [0.3, 0.4) is 0 Å². The monoisotopic (exact) mass is 994 g/mol. The van der Waals surface area contributed by atoms with Gasteiger partial charge in [0.05, 0.1) is 11.0 Å². The van der Waals surface area contributed by atoms with Crippen molar-refractivity contribution in [1.29, 1.82) is 0 Å². The highest BCUT2D eigenvalue weighted by atomic mass is 127. The molecule has 0 radical (unpaired) electrons. The summed E-state index contributed by atoms with van der Waals surface area (Å²) in [5.74, 6) is 1.73. The van der Waals surface area contributed by atoms with E-state index in [4.69, 9.17) is 0 Å². The van der Waals surface area contributed by atoms with E-state index in [0.29, 0.717) is 0 Å². The Labute approximate surface area is 372 Å².